The fourth-order valence-electron chi connectivity index (χ4n) is 3.83. The van der Waals surface area contributed by atoms with Crippen molar-refractivity contribution in [2.24, 2.45) is 0 Å². The number of nitrogens with one attached hydrogen (secondary N) is 1. The molecular formula is C19H18N2O4. The quantitative estimate of drug-likeness (QED) is 0.898. The van der Waals surface area contributed by atoms with Crippen molar-refractivity contribution in [3.63, 3.8) is 0 Å². The average molecular weight is 338 g/mol. The fourth-order valence-corrected chi connectivity index (χ4v) is 3.83. The number of hydrogen-bond acceptors (Lipinski definition) is 4. The van der Waals surface area contributed by atoms with Crippen LogP contribution in [-0.2, 0) is 10.2 Å². The number of aromatic nitrogens is 1. The zero-order chi connectivity index (χ0) is 17.4. The molecule has 0 radical (unpaired) electrons. The molecule has 1 amide bonds. The predicted molar refractivity (Wildman–Crippen MR) is 90.8 cm³/mol. The Labute approximate surface area is 144 Å². The van der Waals surface area contributed by atoms with Crippen molar-refractivity contribution in [3.8, 4) is 5.88 Å². The van der Waals surface area contributed by atoms with E-state index in [0.717, 1.165) is 24.1 Å². The summed E-state index contributed by atoms with van der Waals surface area (Å²) < 4.78 is 5.91. The van der Waals surface area contributed by atoms with E-state index in [-0.39, 0.29) is 17.6 Å². The van der Waals surface area contributed by atoms with Gasteiger partial charge in [-0.3, -0.25) is 4.79 Å². The molecule has 1 aromatic heterocycles. The average Bonchev–Trinajstić information content (AvgIpc) is 2.89. The Morgan fingerprint density at radius 2 is 2.04 bits per heavy atom. The highest BCUT2D eigenvalue weighted by atomic mass is 16.5. The maximum absolute atomic E-state index is 12.6. The lowest BCUT2D eigenvalue weighted by Gasteiger charge is -2.35. The van der Waals surface area contributed by atoms with Crippen LogP contribution in [0.5, 0.6) is 5.88 Å². The summed E-state index contributed by atoms with van der Waals surface area (Å²) in [6, 6.07) is 10.4. The van der Waals surface area contributed by atoms with Crippen molar-refractivity contribution >= 4 is 17.6 Å². The van der Waals surface area contributed by atoms with E-state index < -0.39 is 11.4 Å². The van der Waals surface area contributed by atoms with Gasteiger partial charge in [-0.25, -0.2) is 9.78 Å². The lowest BCUT2D eigenvalue weighted by molar-refractivity contribution is -0.122. The molecule has 4 rings (SSSR count). The largest absolute Gasteiger partial charge is 0.478 e. The standard InChI is InChI=1S/C19H18N2O4/c22-17(23)12-4-5-15-14(11-12)19(18(24)21-15)8-6-13(7-9-19)25-16-3-1-2-10-20-16/h1-5,10-11,13H,6-9H2,(H,21,24)(H,22,23). The molecule has 2 heterocycles. The number of pyridine rings is 1. The van der Waals surface area contributed by atoms with Gasteiger partial charge >= 0.3 is 5.97 Å². The zero-order valence-corrected chi connectivity index (χ0v) is 13.6. The topological polar surface area (TPSA) is 88.5 Å². The highest BCUT2D eigenvalue weighted by Crippen LogP contribution is 2.48. The van der Waals surface area contributed by atoms with Crippen LogP contribution in [0.15, 0.2) is 42.6 Å². The van der Waals surface area contributed by atoms with E-state index in [1.807, 2.05) is 18.2 Å². The Bertz CT molecular complexity index is 827. The third-order valence-corrected chi connectivity index (χ3v) is 5.18. The Morgan fingerprint density at radius 1 is 1.24 bits per heavy atom. The molecule has 1 saturated carbocycles. The van der Waals surface area contributed by atoms with Gasteiger partial charge in [0.2, 0.25) is 11.8 Å². The highest BCUT2D eigenvalue weighted by Gasteiger charge is 2.49. The summed E-state index contributed by atoms with van der Waals surface area (Å²) in [5.74, 6) is -0.432. The van der Waals surface area contributed by atoms with E-state index in [1.165, 1.54) is 6.07 Å². The normalized spacial score (nSPS) is 24.6. The number of carbonyl (C=O) groups excluding carboxylic acids is 1. The second-order valence-electron chi connectivity index (χ2n) is 6.59. The summed E-state index contributed by atoms with van der Waals surface area (Å²) >= 11 is 0. The maximum Gasteiger partial charge on any atom is 0.335 e. The molecule has 0 unspecified atom stereocenters. The number of aromatic carboxylic acids is 1. The van der Waals surface area contributed by atoms with E-state index >= 15 is 0 Å². The lowest BCUT2D eigenvalue weighted by Crippen LogP contribution is -2.41. The SMILES string of the molecule is O=C(O)c1ccc2c(c1)C1(CCC(Oc3ccccn3)CC1)C(=O)N2. The van der Waals surface area contributed by atoms with Crippen LogP contribution >= 0.6 is 0 Å². The van der Waals surface area contributed by atoms with Gasteiger partial charge in [0.25, 0.3) is 0 Å². The molecule has 2 N–H and O–H groups in total. The van der Waals surface area contributed by atoms with Gasteiger partial charge in [-0.2, -0.15) is 0 Å². The number of carboxylic acids is 1. The van der Waals surface area contributed by atoms with Crippen LogP contribution in [0.2, 0.25) is 0 Å². The van der Waals surface area contributed by atoms with Gasteiger partial charge in [-0.15, -0.1) is 0 Å². The van der Waals surface area contributed by atoms with Crippen LogP contribution in [-0.4, -0.2) is 28.1 Å². The monoisotopic (exact) mass is 338 g/mol. The fraction of sp³-hybridized carbons (Fsp3) is 0.316. The lowest BCUT2D eigenvalue weighted by atomic mass is 9.69. The summed E-state index contributed by atoms with van der Waals surface area (Å²) in [6.45, 7) is 0. The highest BCUT2D eigenvalue weighted by molar-refractivity contribution is 6.07. The van der Waals surface area contributed by atoms with Crippen molar-refractivity contribution < 1.29 is 19.4 Å². The molecule has 1 aromatic carbocycles. The number of carbonyl (C=O) groups is 2. The molecule has 1 spiro atoms. The van der Waals surface area contributed by atoms with E-state index in [1.54, 1.807) is 18.3 Å². The summed E-state index contributed by atoms with van der Waals surface area (Å²) in [5, 5.41) is 12.1. The number of benzene rings is 1. The first-order chi connectivity index (χ1) is 12.1. The summed E-state index contributed by atoms with van der Waals surface area (Å²) in [4.78, 5) is 28.1. The molecule has 1 aliphatic heterocycles. The maximum atomic E-state index is 12.6. The number of fused-ring (bicyclic) bond motifs is 2. The Balaban J connectivity index is 1.56. The molecule has 0 atom stereocenters. The minimum absolute atomic E-state index is 0.0139. The van der Waals surface area contributed by atoms with Crippen LogP contribution in [0.1, 0.15) is 41.6 Å². The first-order valence-electron chi connectivity index (χ1n) is 8.35. The van der Waals surface area contributed by atoms with Crippen molar-refractivity contribution in [3.05, 3.63) is 53.7 Å². The number of carboxylic acid groups (broad SMARTS) is 1. The van der Waals surface area contributed by atoms with Crippen LogP contribution in [0.3, 0.4) is 0 Å². The van der Waals surface area contributed by atoms with E-state index in [9.17, 15) is 14.7 Å². The second-order valence-corrected chi connectivity index (χ2v) is 6.59. The van der Waals surface area contributed by atoms with Gasteiger partial charge in [-0.05, 0) is 55.5 Å². The van der Waals surface area contributed by atoms with Crippen molar-refractivity contribution in [1.82, 2.24) is 4.98 Å². The molecule has 0 saturated heterocycles. The first-order valence-corrected chi connectivity index (χ1v) is 8.35. The number of anilines is 1. The number of rotatable bonds is 3. The molecule has 128 valence electrons. The Kier molecular flexibility index (Phi) is 3.67. The minimum atomic E-state index is -0.982. The van der Waals surface area contributed by atoms with E-state index in [0.29, 0.717) is 18.7 Å². The van der Waals surface area contributed by atoms with Crippen LogP contribution in [0.25, 0.3) is 0 Å². The van der Waals surface area contributed by atoms with Crippen molar-refractivity contribution in [2.45, 2.75) is 37.2 Å². The van der Waals surface area contributed by atoms with Gasteiger partial charge in [0.05, 0.1) is 11.0 Å². The predicted octanol–water partition coefficient (Wildman–Crippen LogP) is 2.99. The number of amides is 1. The Morgan fingerprint density at radius 3 is 2.72 bits per heavy atom. The number of nitrogens with zero attached hydrogens (tertiary/aromatic N) is 1. The first kappa shape index (κ1) is 15.6. The van der Waals surface area contributed by atoms with Crippen molar-refractivity contribution in [1.29, 1.82) is 0 Å². The molecule has 1 aliphatic carbocycles. The summed E-state index contributed by atoms with van der Waals surface area (Å²) in [7, 11) is 0. The van der Waals surface area contributed by atoms with E-state index in [4.69, 9.17) is 4.74 Å². The molecule has 6 nitrogen and oxygen atoms in total. The molecular weight excluding hydrogens is 320 g/mol. The smallest absolute Gasteiger partial charge is 0.335 e. The molecule has 2 aliphatic rings. The third kappa shape index (κ3) is 2.63. The number of hydrogen-bond donors (Lipinski definition) is 2. The molecule has 1 fully saturated rings. The van der Waals surface area contributed by atoms with Crippen molar-refractivity contribution in [2.75, 3.05) is 5.32 Å². The van der Waals surface area contributed by atoms with Crippen LogP contribution < -0.4 is 10.1 Å². The molecule has 0 bridgehead atoms. The Hall–Kier alpha value is -2.89. The van der Waals surface area contributed by atoms with Gasteiger partial charge in [0.1, 0.15) is 6.10 Å². The van der Waals surface area contributed by atoms with Gasteiger partial charge < -0.3 is 15.2 Å². The second kappa shape index (κ2) is 5.88. The summed E-state index contributed by atoms with van der Waals surface area (Å²) in [5.41, 5.74) is 1.08. The van der Waals surface area contributed by atoms with Crippen LogP contribution in [0, 0.1) is 0 Å². The zero-order valence-electron chi connectivity index (χ0n) is 13.6. The van der Waals surface area contributed by atoms with Crippen LogP contribution in [0.4, 0.5) is 5.69 Å². The molecule has 25 heavy (non-hydrogen) atoms. The molecule has 6 heteroatoms. The number of ether oxygens (including phenoxy) is 1. The molecule has 2 aromatic rings. The van der Waals surface area contributed by atoms with Gasteiger partial charge in [0, 0.05) is 18.0 Å². The van der Waals surface area contributed by atoms with Gasteiger partial charge in [-0.1, -0.05) is 6.07 Å². The van der Waals surface area contributed by atoms with E-state index in [2.05, 4.69) is 10.3 Å². The summed E-state index contributed by atoms with van der Waals surface area (Å²) in [6.07, 6.45) is 4.41. The minimum Gasteiger partial charge on any atom is -0.478 e. The van der Waals surface area contributed by atoms with Gasteiger partial charge in [0.15, 0.2) is 0 Å². The third-order valence-electron chi connectivity index (χ3n) is 5.18.